The van der Waals surface area contributed by atoms with Gasteiger partial charge in [0.05, 0.1) is 44.0 Å². The van der Waals surface area contributed by atoms with Crippen molar-refractivity contribution in [2.75, 3.05) is 19.1 Å². The van der Waals surface area contributed by atoms with Crippen molar-refractivity contribution in [1.82, 2.24) is 0 Å². The van der Waals surface area contributed by atoms with Crippen LogP contribution in [0, 0.1) is 5.92 Å². The molecule has 1 saturated carbocycles. The minimum Gasteiger partial charge on any atom is -0.493 e. The lowest BCUT2D eigenvalue weighted by atomic mass is 9.71. The first kappa shape index (κ1) is 30.0. The number of nitrogens with zero attached hydrogens (tertiary/aromatic N) is 2. The number of hydrogen-bond donors (Lipinski definition) is 1. The van der Waals surface area contributed by atoms with Crippen LogP contribution >= 0.6 is 0 Å². The van der Waals surface area contributed by atoms with Crippen LogP contribution in [0.2, 0.25) is 0 Å². The van der Waals surface area contributed by atoms with E-state index in [1.807, 2.05) is 24.3 Å². The summed E-state index contributed by atoms with van der Waals surface area (Å²) in [5, 5.41) is 9.37. The molecule has 8 heteroatoms. The lowest BCUT2D eigenvalue weighted by molar-refractivity contribution is -0.138. The summed E-state index contributed by atoms with van der Waals surface area (Å²) >= 11 is 0. The van der Waals surface area contributed by atoms with Gasteiger partial charge in [-0.3, -0.25) is 19.4 Å². The molecule has 1 amide bonds. The van der Waals surface area contributed by atoms with E-state index in [4.69, 9.17) is 14.5 Å². The molecule has 0 saturated heterocycles. The number of carboxylic acid groups (broad SMARTS) is 1. The molecule has 2 aliphatic rings. The number of hydrogen-bond acceptors (Lipinski definition) is 6. The first-order chi connectivity index (χ1) is 20.5. The van der Waals surface area contributed by atoms with Gasteiger partial charge in [0.25, 0.3) is 0 Å². The Morgan fingerprint density at radius 2 is 1.58 bits per heavy atom. The summed E-state index contributed by atoms with van der Waals surface area (Å²) in [7, 11) is 3.08. The molecule has 0 radical (unpaired) electrons. The Kier molecular flexibility index (Phi) is 8.40. The number of ketones is 1. The molecule has 1 N–H and O–H groups in total. The van der Waals surface area contributed by atoms with Crippen LogP contribution in [0.5, 0.6) is 11.5 Å². The smallest absolute Gasteiger partial charge is 0.303 e. The van der Waals surface area contributed by atoms with Crippen LogP contribution in [0.3, 0.4) is 0 Å². The van der Waals surface area contributed by atoms with Crippen LogP contribution in [0.25, 0.3) is 0 Å². The highest BCUT2D eigenvalue weighted by atomic mass is 16.5. The second-order valence-corrected chi connectivity index (χ2v) is 12.2. The number of carbonyl (C=O) groups is 3. The second-order valence-electron chi connectivity index (χ2n) is 12.2. The molecule has 43 heavy (non-hydrogen) atoms. The molecule has 0 bridgehead atoms. The number of Topliss-reactive ketones (excluding diaryl/α,β-unsaturated/α-hetero) is 1. The Labute approximate surface area is 252 Å². The standard InChI is InChI=1S/C35H38N2O6/c1-35(2,3)24-13-10-21(11-14-24)23-18-26-33(28(38)19-23)34(22-12-15-29(42-4)30(20-22)43-5)37(31(39)16-17-32(40)41)27-9-7-6-8-25(27)36-26/h6-15,20,23,33-34H,16-19H2,1-5H3,(H,40,41). The molecular weight excluding hydrogens is 544 g/mol. The first-order valence-corrected chi connectivity index (χ1v) is 14.6. The summed E-state index contributed by atoms with van der Waals surface area (Å²) < 4.78 is 11.1. The van der Waals surface area contributed by atoms with Gasteiger partial charge in [0.1, 0.15) is 5.78 Å². The summed E-state index contributed by atoms with van der Waals surface area (Å²) in [5.41, 5.74) is 4.82. The molecule has 1 fully saturated rings. The van der Waals surface area contributed by atoms with E-state index in [1.54, 1.807) is 30.2 Å². The van der Waals surface area contributed by atoms with Crippen molar-refractivity contribution in [2.45, 2.75) is 63.8 Å². The number of amides is 1. The average Bonchev–Trinajstić information content (AvgIpc) is 3.13. The van der Waals surface area contributed by atoms with E-state index in [-0.39, 0.29) is 30.0 Å². The summed E-state index contributed by atoms with van der Waals surface area (Å²) in [6, 6.07) is 20.4. The lowest BCUT2D eigenvalue weighted by Gasteiger charge is -2.39. The number of para-hydroxylation sites is 2. The number of anilines is 1. The number of carbonyl (C=O) groups excluding carboxylic acids is 2. The van der Waals surface area contributed by atoms with Gasteiger partial charge in [0.15, 0.2) is 11.5 Å². The Bertz CT molecular complexity index is 1570. The zero-order valence-corrected chi connectivity index (χ0v) is 25.3. The van der Waals surface area contributed by atoms with Crippen molar-refractivity contribution in [2.24, 2.45) is 10.9 Å². The molecule has 1 aliphatic carbocycles. The molecule has 3 aromatic carbocycles. The van der Waals surface area contributed by atoms with Crippen LogP contribution < -0.4 is 14.4 Å². The number of rotatable bonds is 7. The Hall–Kier alpha value is -4.46. The summed E-state index contributed by atoms with van der Waals surface area (Å²) in [6.07, 6.45) is 0.317. The quantitative estimate of drug-likeness (QED) is 0.329. The number of ether oxygens (including phenoxy) is 2. The van der Waals surface area contributed by atoms with Crippen LogP contribution in [-0.4, -0.2) is 42.7 Å². The third kappa shape index (κ3) is 6.05. The monoisotopic (exact) mass is 582 g/mol. The molecule has 3 aromatic rings. The highest BCUT2D eigenvalue weighted by Crippen LogP contribution is 2.48. The zero-order valence-electron chi connectivity index (χ0n) is 25.3. The number of aliphatic imine (C=N–C) groups is 1. The van der Waals surface area contributed by atoms with Gasteiger partial charge in [0, 0.05) is 18.6 Å². The molecule has 3 atom stereocenters. The largest absolute Gasteiger partial charge is 0.493 e. The zero-order chi connectivity index (χ0) is 30.9. The van der Waals surface area contributed by atoms with Crippen molar-refractivity contribution in [3.05, 3.63) is 83.4 Å². The fourth-order valence-corrected chi connectivity index (χ4v) is 6.19. The number of benzene rings is 3. The van der Waals surface area contributed by atoms with E-state index in [0.29, 0.717) is 47.0 Å². The fraction of sp³-hybridized carbons (Fsp3) is 0.371. The number of methoxy groups -OCH3 is 2. The maximum Gasteiger partial charge on any atom is 0.303 e. The van der Waals surface area contributed by atoms with Gasteiger partial charge in [0.2, 0.25) is 5.91 Å². The van der Waals surface area contributed by atoms with Crippen molar-refractivity contribution in [3.63, 3.8) is 0 Å². The summed E-state index contributed by atoms with van der Waals surface area (Å²) in [6.45, 7) is 6.52. The van der Waals surface area contributed by atoms with Crippen molar-refractivity contribution in [3.8, 4) is 11.5 Å². The Morgan fingerprint density at radius 3 is 2.23 bits per heavy atom. The minimum absolute atomic E-state index is 0.0153. The van der Waals surface area contributed by atoms with Gasteiger partial charge >= 0.3 is 5.97 Å². The van der Waals surface area contributed by atoms with Crippen molar-refractivity contribution in [1.29, 1.82) is 0 Å². The summed E-state index contributed by atoms with van der Waals surface area (Å²) in [5.74, 6) is -1.25. The third-order valence-electron chi connectivity index (χ3n) is 8.43. The molecule has 0 aromatic heterocycles. The normalized spacial score (nSPS) is 19.9. The third-order valence-corrected chi connectivity index (χ3v) is 8.43. The van der Waals surface area contributed by atoms with Crippen molar-refractivity contribution >= 4 is 34.7 Å². The second kappa shape index (κ2) is 12.0. The number of aliphatic carboxylic acids is 1. The molecule has 0 spiro atoms. The first-order valence-electron chi connectivity index (χ1n) is 14.6. The van der Waals surface area contributed by atoms with E-state index in [0.717, 1.165) is 5.56 Å². The number of carboxylic acids is 1. The predicted octanol–water partition coefficient (Wildman–Crippen LogP) is 6.79. The molecular formula is C35H38N2O6. The highest BCUT2D eigenvalue weighted by Gasteiger charge is 2.46. The maximum atomic E-state index is 14.3. The van der Waals surface area contributed by atoms with Crippen molar-refractivity contribution < 1.29 is 29.0 Å². The van der Waals surface area contributed by atoms with Gasteiger partial charge < -0.3 is 19.5 Å². The average molecular weight is 583 g/mol. The van der Waals surface area contributed by atoms with Gasteiger partial charge in [-0.2, -0.15) is 0 Å². The Morgan fingerprint density at radius 1 is 0.907 bits per heavy atom. The molecule has 1 heterocycles. The van der Waals surface area contributed by atoms with Crippen LogP contribution in [0.15, 0.2) is 71.7 Å². The SMILES string of the molecule is COc1ccc(C2C3C(=O)CC(c4ccc(C(C)(C)C)cc4)CC3=Nc3ccccc3N2C(=O)CCC(=O)O)cc1OC. The molecule has 8 nitrogen and oxygen atoms in total. The topological polar surface area (TPSA) is 106 Å². The van der Waals surface area contributed by atoms with Crippen LogP contribution in [0.4, 0.5) is 11.4 Å². The fourth-order valence-electron chi connectivity index (χ4n) is 6.19. The van der Waals surface area contributed by atoms with E-state index in [2.05, 4.69) is 45.0 Å². The summed E-state index contributed by atoms with van der Waals surface area (Å²) in [4.78, 5) is 46.3. The highest BCUT2D eigenvalue weighted by molar-refractivity contribution is 6.13. The Balaban J connectivity index is 1.64. The van der Waals surface area contributed by atoms with Crippen LogP contribution in [0.1, 0.15) is 75.1 Å². The molecule has 1 aliphatic heterocycles. The number of fused-ring (bicyclic) bond motifs is 2. The van der Waals surface area contributed by atoms with Crippen LogP contribution in [-0.2, 0) is 19.8 Å². The predicted molar refractivity (Wildman–Crippen MR) is 166 cm³/mol. The van der Waals surface area contributed by atoms with Gasteiger partial charge in [-0.1, -0.05) is 63.2 Å². The van der Waals surface area contributed by atoms with Gasteiger partial charge in [-0.25, -0.2) is 0 Å². The van der Waals surface area contributed by atoms with Gasteiger partial charge in [-0.15, -0.1) is 0 Å². The molecule has 5 rings (SSSR count). The van der Waals surface area contributed by atoms with E-state index in [1.165, 1.54) is 12.7 Å². The van der Waals surface area contributed by atoms with E-state index in [9.17, 15) is 19.5 Å². The molecule has 3 unspecified atom stereocenters. The maximum absolute atomic E-state index is 14.3. The van der Waals surface area contributed by atoms with E-state index < -0.39 is 23.8 Å². The molecule has 224 valence electrons. The van der Waals surface area contributed by atoms with Gasteiger partial charge in [-0.05, 0) is 58.7 Å². The minimum atomic E-state index is -1.06. The lowest BCUT2D eigenvalue weighted by Crippen LogP contribution is -2.45. The van der Waals surface area contributed by atoms with E-state index >= 15 is 0 Å².